The van der Waals surface area contributed by atoms with Gasteiger partial charge in [0, 0.05) is 0 Å². The van der Waals surface area contributed by atoms with Crippen molar-refractivity contribution in [3.8, 4) is 0 Å². The number of hydrogen-bond donors (Lipinski definition) is 0. The molecule has 0 heterocycles. The summed E-state index contributed by atoms with van der Waals surface area (Å²) in [6.07, 6.45) is 0. The standard InChI is InChI=1S/C7H6O2S.6C6H5.2Sn/c8-7(9)5-2-1-3-6(10)4-5;6*1-2-4-6-5-3-1;;/h1-4,10H,(H,8,9);6*1-5H;;/q;;;;;;;2*+1/p-2. The second kappa shape index (κ2) is 15.0. The van der Waals surface area contributed by atoms with Gasteiger partial charge in [-0.25, -0.2) is 0 Å². The summed E-state index contributed by atoms with van der Waals surface area (Å²) in [5.41, 5.74) is 0.568. The van der Waals surface area contributed by atoms with E-state index < -0.39 is 35.8 Å². The van der Waals surface area contributed by atoms with Gasteiger partial charge in [-0.05, 0) is 0 Å². The van der Waals surface area contributed by atoms with E-state index in [2.05, 4.69) is 133 Å². The van der Waals surface area contributed by atoms with Gasteiger partial charge in [-0.15, -0.1) is 0 Å². The molecule has 7 aromatic carbocycles. The Bertz CT molecular complexity index is 1880. The van der Waals surface area contributed by atoms with Crippen LogP contribution in [0, 0.1) is 0 Å². The van der Waals surface area contributed by atoms with Gasteiger partial charge in [0.15, 0.2) is 0 Å². The summed E-state index contributed by atoms with van der Waals surface area (Å²) in [5.74, 6) is -0.287. The van der Waals surface area contributed by atoms with Gasteiger partial charge in [-0.1, -0.05) is 0 Å². The molecule has 0 aromatic heterocycles. The van der Waals surface area contributed by atoms with E-state index in [0.717, 1.165) is 15.6 Å². The Hall–Kier alpha value is -4.04. The first-order valence-electron chi connectivity index (χ1n) is 16.1. The van der Waals surface area contributed by atoms with Gasteiger partial charge >= 0.3 is 297 Å². The van der Waals surface area contributed by atoms with Gasteiger partial charge in [0.1, 0.15) is 0 Å². The average Bonchev–Trinajstić information content (AvgIpc) is 3.18. The summed E-state index contributed by atoms with van der Waals surface area (Å²) in [6, 6.07) is 71.9. The van der Waals surface area contributed by atoms with E-state index in [-0.39, 0.29) is 5.97 Å². The number of rotatable bonds is 10. The predicted molar refractivity (Wildman–Crippen MR) is 206 cm³/mol. The summed E-state index contributed by atoms with van der Waals surface area (Å²) in [5, 5.41) is 0. The van der Waals surface area contributed by atoms with Crippen LogP contribution in [0.1, 0.15) is 10.4 Å². The molecular formula is C43H34O2SSn2. The Morgan fingerprint density at radius 2 is 0.729 bits per heavy atom. The van der Waals surface area contributed by atoms with Crippen molar-refractivity contribution in [1.82, 2.24) is 0 Å². The fourth-order valence-electron chi connectivity index (χ4n) is 6.45. The third kappa shape index (κ3) is 6.51. The quantitative estimate of drug-likeness (QED) is 0.152. The van der Waals surface area contributed by atoms with Gasteiger partial charge in [-0.3, -0.25) is 0 Å². The van der Waals surface area contributed by atoms with E-state index in [9.17, 15) is 4.79 Å². The molecule has 2 nitrogen and oxygen atoms in total. The van der Waals surface area contributed by atoms with Crippen molar-refractivity contribution in [2.24, 2.45) is 0 Å². The zero-order chi connectivity index (χ0) is 32.7. The summed E-state index contributed by atoms with van der Waals surface area (Å²) in [7, 11) is 1.95. The predicted octanol–water partition coefficient (Wildman–Crippen LogP) is 6.27. The molecule has 7 aromatic rings. The molecule has 0 N–H and O–H groups in total. The average molecular weight is 852 g/mol. The molecule has 0 radical (unpaired) electrons. The van der Waals surface area contributed by atoms with Crippen LogP contribution in [0.5, 0.6) is 0 Å². The van der Waals surface area contributed by atoms with Crippen molar-refractivity contribution in [3.63, 3.8) is 0 Å². The Morgan fingerprint density at radius 1 is 0.396 bits per heavy atom. The van der Waals surface area contributed by atoms with Crippen molar-refractivity contribution in [1.29, 1.82) is 0 Å². The van der Waals surface area contributed by atoms with E-state index in [1.54, 1.807) is 0 Å². The number of hydrogen-bond acceptors (Lipinski definition) is 3. The molecule has 0 aliphatic rings. The maximum absolute atomic E-state index is 14.5. The van der Waals surface area contributed by atoms with E-state index in [1.807, 2.05) is 81.7 Å². The van der Waals surface area contributed by atoms with Crippen molar-refractivity contribution >= 4 is 72.2 Å². The molecule has 0 saturated heterocycles. The van der Waals surface area contributed by atoms with E-state index >= 15 is 0 Å². The third-order valence-corrected chi connectivity index (χ3v) is 39.9. The number of carbonyl (C=O) groups excluding carboxylic acids is 1. The summed E-state index contributed by atoms with van der Waals surface area (Å²) in [6.45, 7) is 0. The molecule has 232 valence electrons. The first-order valence-corrected chi connectivity index (χ1v) is 30.1. The van der Waals surface area contributed by atoms with Crippen LogP contribution in [-0.4, -0.2) is 41.8 Å². The molecule has 0 aliphatic heterocycles. The van der Waals surface area contributed by atoms with Crippen LogP contribution in [0.15, 0.2) is 211 Å². The summed E-state index contributed by atoms with van der Waals surface area (Å²) >= 11 is -8.02. The van der Waals surface area contributed by atoms with Gasteiger partial charge in [0.25, 0.3) is 0 Å². The van der Waals surface area contributed by atoms with Crippen LogP contribution in [-0.2, 0) is 3.07 Å². The Kier molecular flexibility index (Phi) is 10.2. The zero-order valence-electron chi connectivity index (χ0n) is 26.4. The SMILES string of the molecule is O=C([O][Sn]([c]1ccccc1)([c]1ccccc1)[c]1ccccc1)c1cccc([S][Sn]([c]2ccccc2)([c]2ccccc2)[c]2ccccc2)c1. The van der Waals surface area contributed by atoms with Gasteiger partial charge in [0.2, 0.25) is 0 Å². The first kappa shape index (κ1) is 32.5. The van der Waals surface area contributed by atoms with Crippen LogP contribution >= 0.6 is 8.95 Å². The molecule has 0 atom stereocenters. The fourth-order valence-corrected chi connectivity index (χ4v) is 36.6. The number of carbonyl (C=O) groups is 1. The van der Waals surface area contributed by atoms with Gasteiger partial charge in [0.05, 0.1) is 0 Å². The van der Waals surface area contributed by atoms with Crippen molar-refractivity contribution in [3.05, 3.63) is 212 Å². The topological polar surface area (TPSA) is 26.3 Å². The Labute approximate surface area is 294 Å². The molecule has 0 amide bonds. The van der Waals surface area contributed by atoms with Crippen molar-refractivity contribution in [2.45, 2.75) is 4.90 Å². The van der Waals surface area contributed by atoms with E-state index in [0.29, 0.717) is 5.56 Å². The molecule has 0 unspecified atom stereocenters. The van der Waals surface area contributed by atoms with Crippen LogP contribution in [0.4, 0.5) is 0 Å². The Morgan fingerprint density at radius 3 is 1.08 bits per heavy atom. The van der Waals surface area contributed by atoms with Gasteiger partial charge in [-0.2, -0.15) is 0 Å². The molecule has 0 fully saturated rings. The minimum absolute atomic E-state index is 0.287. The summed E-state index contributed by atoms with van der Waals surface area (Å²) in [4.78, 5) is 15.6. The summed E-state index contributed by atoms with van der Waals surface area (Å²) < 4.78 is 14.4. The van der Waals surface area contributed by atoms with E-state index in [1.165, 1.54) is 10.7 Å². The molecule has 0 saturated carbocycles. The van der Waals surface area contributed by atoms with Crippen LogP contribution in [0.3, 0.4) is 0 Å². The van der Waals surface area contributed by atoms with E-state index in [4.69, 9.17) is 3.07 Å². The fraction of sp³-hybridized carbons (Fsp3) is 0. The second-order valence-corrected chi connectivity index (χ2v) is 36.4. The first-order chi connectivity index (χ1) is 23.7. The molecule has 5 heteroatoms. The Balaban J connectivity index is 1.34. The third-order valence-electron chi connectivity index (χ3n) is 8.67. The molecule has 0 spiro atoms. The minimum atomic E-state index is -4.30. The molecule has 0 aliphatic carbocycles. The van der Waals surface area contributed by atoms with Crippen LogP contribution < -0.4 is 21.5 Å². The zero-order valence-corrected chi connectivity index (χ0v) is 32.9. The number of benzene rings is 7. The monoisotopic (exact) mass is 854 g/mol. The second-order valence-electron chi connectivity index (χ2n) is 11.6. The normalized spacial score (nSPS) is 11.5. The van der Waals surface area contributed by atoms with Crippen molar-refractivity contribution in [2.75, 3.05) is 0 Å². The molecule has 0 bridgehead atoms. The molecule has 48 heavy (non-hydrogen) atoms. The van der Waals surface area contributed by atoms with Gasteiger partial charge < -0.3 is 0 Å². The van der Waals surface area contributed by atoms with Crippen LogP contribution in [0.25, 0.3) is 0 Å². The molecular weight excluding hydrogens is 818 g/mol. The molecule has 7 rings (SSSR count). The van der Waals surface area contributed by atoms with Crippen LogP contribution in [0.2, 0.25) is 0 Å². The maximum atomic E-state index is 14.5. The van der Waals surface area contributed by atoms with Crippen molar-refractivity contribution < 1.29 is 7.87 Å².